The van der Waals surface area contributed by atoms with Crippen molar-refractivity contribution in [1.29, 1.82) is 0 Å². The van der Waals surface area contributed by atoms with E-state index in [0.29, 0.717) is 0 Å². The number of fused-ring (bicyclic) bond motifs is 2. The fourth-order valence-corrected chi connectivity index (χ4v) is 3.20. The van der Waals surface area contributed by atoms with Crippen molar-refractivity contribution in [3.05, 3.63) is 77.6 Å². The van der Waals surface area contributed by atoms with Crippen LogP contribution < -0.4 is 0 Å². The fourth-order valence-electron chi connectivity index (χ4n) is 3.20. The van der Waals surface area contributed by atoms with Crippen LogP contribution in [0.2, 0.25) is 0 Å². The molecule has 20 heavy (non-hydrogen) atoms. The zero-order valence-electron chi connectivity index (χ0n) is 11.0. The zero-order valence-corrected chi connectivity index (χ0v) is 11.0. The third-order valence-electron chi connectivity index (χ3n) is 4.31. The topological polar surface area (TPSA) is 33.1 Å². The van der Waals surface area contributed by atoms with Gasteiger partial charge < -0.3 is 5.11 Å². The van der Waals surface area contributed by atoms with Gasteiger partial charge >= 0.3 is 0 Å². The monoisotopic (exact) mass is 261 g/mol. The van der Waals surface area contributed by atoms with Crippen LogP contribution in [0.5, 0.6) is 0 Å². The van der Waals surface area contributed by atoms with Crippen molar-refractivity contribution in [3.63, 3.8) is 0 Å². The van der Waals surface area contributed by atoms with Crippen LogP contribution in [0.25, 0.3) is 10.8 Å². The predicted molar refractivity (Wildman–Crippen MR) is 79.6 cm³/mol. The predicted octanol–water partition coefficient (Wildman–Crippen LogP) is 3.61. The van der Waals surface area contributed by atoms with Crippen molar-refractivity contribution < 1.29 is 5.11 Å². The van der Waals surface area contributed by atoms with Crippen molar-refractivity contribution in [2.45, 2.75) is 18.4 Å². The summed E-state index contributed by atoms with van der Waals surface area (Å²) in [6, 6.07) is 16.4. The average Bonchev–Trinajstić information content (AvgIpc) is 2.48. The first-order chi connectivity index (χ1) is 9.84. The first-order valence-electron chi connectivity index (χ1n) is 6.93. The van der Waals surface area contributed by atoms with Crippen LogP contribution in [0.3, 0.4) is 0 Å². The van der Waals surface area contributed by atoms with Gasteiger partial charge in [0.2, 0.25) is 0 Å². The highest BCUT2D eigenvalue weighted by Gasteiger charge is 2.33. The number of aromatic nitrogens is 1. The van der Waals surface area contributed by atoms with E-state index in [4.69, 9.17) is 0 Å². The molecule has 1 N–H and O–H groups in total. The van der Waals surface area contributed by atoms with Crippen molar-refractivity contribution in [2.24, 2.45) is 0 Å². The molecule has 2 heteroatoms. The first kappa shape index (κ1) is 11.6. The number of aliphatic hydroxyl groups is 1. The Bertz CT molecular complexity index is 776. The van der Waals surface area contributed by atoms with E-state index < -0.39 is 6.10 Å². The van der Waals surface area contributed by atoms with E-state index in [2.05, 4.69) is 23.2 Å². The summed E-state index contributed by atoms with van der Waals surface area (Å²) < 4.78 is 0. The normalized spacial score (nSPS) is 18.4. The molecular formula is C18H15NO. The Labute approximate surface area is 117 Å². The smallest absolute Gasteiger partial charge is 0.0867 e. The molecule has 2 nitrogen and oxygen atoms in total. The summed E-state index contributed by atoms with van der Waals surface area (Å²) in [6.45, 7) is 0. The highest BCUT2D eigenvalue weighted by molar-refractivity contribution is 5.85. The summed E-state index contributed by atoms with van der Waals surface area (Å²) in [6.07, 6.45) is 4.14. The van der Waals surface area contributed by atoms with Gasteiger partial charge in [-0.15, -0.1) is 0 Å². The van der Waals surface area contributed by atoms with Crippen LogP contribution >= 0.6 is 0 Å². The van der Waals surface area contributed by atoms with Crippen LogP contribution in [0.4, 0.5) is 0 Å². The number of pyridine rings is 1. The summed E-state index contributed by atoms with van der Waals surface area (Å²) in [5.41, 5.74) is 3.65. The largest absolute Gasteiger partial charge is 0.388 e. The molecule has 1 heterocycles. The molecule has 0 spiro atoms. The van der Waals surface area contributed by atoms with Gasteiger partial charge in [-0.1, -0.05) is 42.5 Å². The van der Waals surface area contributed by atoms with Gasteiger partial charge in [-0.2, -0.15) is 0 Å². The van der Waals surface area contributed by atoms with E-state index in [0.717, 1.165) is 22.8 Å². The van der Waals surface area contributed by atoms with Crippen LogP contribution in [-0.4, -0.2) is 10.1 Å². The molecule has 1 aliphatic carbocycles. The van der Waals surface area contributed by atoms with Crippen LogP contribution in [0.15, 0.2) is 60.9 Å². The van der Waals surface area contributed by atoms with Gasteiger partial charge in [0, 0.05) is 23.7 Å². The van der Waals surface area contributed by atoms with E-state index in [1.54, 1.807) is 6.20 Å². The van der Waals surface area contributed by atoms with E-state index in [1.165, 1.54) is 11.1 Å². The fraction of sp³-hybridized carbons (Fsp3) is 0.167. The minimum atomic E-state index is -0.448. The molecule has 0 bridgehead atoms. The van der Waals surface area contributed by atoms with Crippen LogP contribution in [0, 0.1) is 0 Å². The lowest BCUT2D eigenvalue weighted by atomic mass is 9.72. The summed E-state index contributed by atoms with van der Waals surface area (Å²) in [5, 5.41) is 12.9. The number of hydrogen-bond donors (Lipinski definition) is 1. The van der Waals surface area contributed by atoms with E-state index >= 15 is 0 Å². The van der Waals surface area contributed by atoms with Crippen LogP contribution in [0.1, 0.15) is 28.7 Å². The summed E-state index contributed by atoms with van der Waals surface area (Å²) in [5.74, 6) is 0.213. The van der Waals surface area contributed by atoms with E-state index in [9.17, 15) is 5.11 Å². The third kappa shape index (κ3) is 1.65. The second-order valence-electron chi connectivity index (χ2n) is 5.40. The molecule has 0 amide bonds. The minimum Gasteiger partial charge on any atom is -0.388 e. The maximum absolute atomic E-state index is 10.8. The van der Waals surface area contributed by atoms with E-state index in [1.807, 2.05) is 36.5 Å². The second kappa shape index (κ2) is 4.43. The molecule has 2 aromatic carbocycles. The second-order valence-corrected chi connectivity index (χ2v) is 5.40. The molecule has 4 rings (SSSR count). The molecule has 98 valence electrons. The lowest BCUT2D eigenvalue weighted by Crippen LogP contribution is -2.23. The molecule has 1 aromatic heterocycles. The molecule has 1 aliphatic rings. The number of benzene rings is 2. The van der Waals surface area contributed by atoms with Gasteiger partial charge in [-0.05, 0) is 34.6 Å². The SMILES string of the molecule is OC(c1cccc2cnccc12)C1Cc2ccccc21. The van der Waals surface area contributed by atoms with Gasteiger partial charge in [0.15, 0.2) is 0 Å². The van der Waals surface area contributed by atoms with Crippen molar-refractivity contribution in [3.8, 4) is 0 Å². The van der Waals surface area contributed by atoms with Crippen LogP contribution in [-0.2, 0) is 6.42 Å². The van der Waals surface area contributed by atoms with E-state index in [-0.39, 0.29) is 5.92 Å². The van der Waals surface area contributed by atoms with Gasteiger partial charge in [0.1, 0.15) is 0 Å². The lowest BCUT2D eigenvalue weighted by Gasteiger charge is -2.34. The number of nitrogens with zero attached hydrogens (tertiary/aromatic N) is 1. The number of rotatable bonds is 2. The summed E-state index contributed by atoms with van der Waals surface area (Å²) in [4.78, 5) is 4.15. The Morgan fingerprint density at radius 1 is 1.05 bits per heavy atom. The average molecular weight is 261 g/mol. The molecule has 3 aromatic rings. The molecule has 0 fully saturated rings. The Kier molecular flexibility index (Phi) is 2.57. The number of hydrogen-bond acceptors (Lipinski definition) is 2. The van der Waals surface area contributed by atoms with Crippen molar-refractivity contribution in [2.75, 3.05) is 0 Å². The molecule has 0 saturated carbocycles. The maximum Gasteiger partial charge on any atom is 0.0867 e. The van der Waals surface area contributed by atoms with Crippen molar-refractivity contribution >= 4 is 10.8 Å². The third-order valence-corrected chi connectivity index (χ3v) is 4.31. The number of aliphatic hydroxyl groups excluding tert-OH is 1. The first-order valence-corrected chi connectivity index (χ1v) is 6.93. The van der Waals surface area contributed by atoms with Gasteiger partial charge in [0.25, 0.3) is 0 Å². The maximum atomic E-state index is 10.8. The highest BCUT2D eigenvalue weighted by atomic mass is 16.3. The molecule has 2 unspecified atom stereocenters. The highest BCUT2D eigenvalue weighted by Crippen LogP contribution is 2.44. The molecular weight excluding hydrogens is 246 g/mol. The van der Waals surface area contributed by atoms with Crippen molar-refractivity contribution in [1.82, 2.24) is 4.98 Å². The van der Waals surface area contributed by atoms with Gasteiger partial charge in [0.05, 0.1) is 6.10 Å². The quantitative estimate of drug-likeness (QED) is 0.764. The lowest BCUT2D eigenvalue weighted by molar-refractivity contribution is 0.136. The molecule has 0 saturated heterocycles. The summed E-state index contributed by atoms with van der Waals surface area (Å²) in [7, 11) is 0. The Morgan fingerprint density at radius 2 is 1.95 bits per heavy atom. The Hall–Kier alpha value is -2.19. The summed E-state index contributed by atoms with van der Waals surface area (Å²) >= 11 is 0. The van der Waals surface area contributed by atoms with Gasteiger partial charge in [-0.25, -0.2) is 0 Å². The minimum absolute atomic E-state index is 0.213. The Morgan fingerprint density at radius 3 is 2.85 bits per heavy atom. The zero-order chi connectivity index (χ0) is 13.5. The molecule has 0 aliphatic heterocycles. The molecule has 0 radical (unpaired) electrons. The van der Waals surface area contributed by atoms with Gasteiger partial charge in [-0.3, -0.25) is 4.98 Å². The standard InChI is InChI=1S/C18H15NO/c20-18(17-10-12-4-1-2-6-14(12)17)16-7-3-5-13-11-19-9-8-15(13)16/h1-9,11,17-18,20H,10H2. The molecule has 2 atom stereocenters. The Balaban J connectivity index is 1.77.